The Morgan fingerprint density at radius 2 is 1.37 bits per heavy atom. The van der Waals surface area contributed by atoms with E-state index in [1.165, 1.54) is 0 Å². The molecule has 0 radical (unpaired) electrons. The zero-order chi connectivity index (χ0) is 37.0. The van der Waals surface area contributed by atoms with Gasteiger partial charge < -0.3 is 26.6 Å². The summed E-state index contributed by atoms with van der Waals surface area (Å²) in [6, 6.07) is 17.5. The van der Waals surface area contributed by atoms with E-state index < -0.39 is 23.9 Å². The van der Waals surface area contributed by atoms with Crippen molar-refractivity contribution in [2.75, 3.05) is 33.2 Å². The smallest absolute Gasteiger partial charge is 0.228 e. The Hall–Kier alpha value is -3.89. The number of nitrogens with one attached hydrogen (secondary N) is 1. The van der Waals surface area contributed by atoms with Crippen LogP contribution in [0.2, 0.25) is 0 Å². The molecule has 51 heavy (non-hydrogen) atoms. The third-order valence-corrected chi connectivity index (χ3v) is 10.8. The van der Waals surface area contributed by atoms with Crippen LogP contribution in [0.5, 0.6) is 0 Å². The molecule has 278 valence electrons. The summed E-state index contributed by atoms with van der Waals surface area (Å²) in [4.78, 5) is 72.0. The van der Waals surface area contributed by atoms with E-state index in [9.17, 15) is 24.0 Å². The monoisotopic (exact) mass is 701 g/mol. The van der Waals surface area contributed by atoms with Crippen LogP contribution >= 0.6 is 0 Å². The molecule has 10 nitrogen and oxygen atoms in total. The van der Waals surface area contributed by atoms with Gasteiger partial charge in [-0.15, -0.1) is 0 Å². The topological polar surface area (TPSA) is 156 Å². The lowest BCUT2D eigenvalue weighted by atomic mass is 9.76. The Morgan fingerprint density at radius 1 is 0.804 bits per heavy atom. The van der Waals surface area contributed by atoms with Crippen LogP contribution in [-0.4, -0.2) is 84.4 Å². The minimum atomic E-state index is -0.801. The van der Waals surface area contributed by atoms with Crippen molar-refractivity contribution >= 4 is 29.3 Å². The SMILES string of the molecule is CC(C)C[C@@H](NC(=O)[C@H](CC(=O)[C@H](N)Cc1ccccc1)Cc1ccccc1)C(=O)C[C@H](CCCCN)C(=O)N1CCC2(CCN(C)C2=O)CC1. The predicted octanol–water partition coefficient (Wildman–Crippen LogP) is 4.08. The normalized spacial score (nSPS) is 18.0. The van der Waals surface area contributed by atoms with Gasteiger partial charge in [0, 0.05) is 51.4 Å². The van der Waals surface area contributed by atoms with Gasteiger partial charge in [0.25, 0.3) is 0 Å². The van der Waals surface area contributed by atoms with E-state index in [2.05, 4.69) is 5.32 Å². The standard InChI is InChI=1S/C41H59N5O5/c1-29(2)24-35(37(48)27-32(16-10-11-20-42)39(50)46-22-18-41(19-23-46)17-21-45(3)40(41)51)44-38(49)33(25-30-12-6-4-7-13-30)28-36(47)34(43)26-31-14-8-5-9-15-31/h4-9,12-15,29,32-35H,10-11,16-28,42-43H2,1-3H3,(H,44,49)/t32-,33-,34+,35+/m0/s1. The number of rotatable bonds is 19. The van der Waals surface area contributed by atoms with Crippen LogP contribution in [0.15, 0.2) is 60.7 Å². The highest BCUT2D eigenvalue weighted by atomic mass is 16.2. The summed E-state index contributed by atoms with van der Waals surface area (Å²) in [6.07, 6.45) is 5.14. The van der Waals surface area contributed by atoms with Crippen LogP contribution in [0.3, 0.4) is 0 Å². The van der Waals surface area contributed by atoms with Crippen molar-refractivity contribution in [3.05, 3.63) is 71.8 Å². The van der Waals surface area contributed by atoms with E-state index in [0.717, 1.165) is 30.5 Å². The lowest BCUT2D eigenvalue weighted by molar-refractivity contribution is -0.145. The molecule has 0 saturated carbocycles. The first-order chi connectivity index (χ1) is 24.4. The van der Waals surface area contributed by atoms with E-state index in [-0.39, 0.29) is 53.5 Å². The van der Waals surface area contributed by atoms with Gasteiger partial charge in [-0.1, -0.05) is 80.9 Å². The maximum Gasteiger partial charge on any atom is 0.228 e. The van der Waals surface area contributed by atoms with Crippen LogP contribution < -0.4 is 16.8 Å². The Morgan fingerprint density at radius 3 is 1.92 bits per heavy atom. The van der Waals surface area contributed by atoms with Gasteiger partial charge >= 0.3 is 0 Å². The van der Waals surface area contributed by atoms with Crippen LogP contribution in [-0.2, 0) is 36.8 Å². The van der Waals surface area contributed by atoms with Gasteiger partial charge in [-0.25, -0.2) is 0 Å². The van der Waals surface area contributed by atoms with Crippen molar-refractivity contribution in [2.24, 2.45) is 34.6 Å². The van der Waals surface area contributed by atoms with E-state index in [1.807, 2.05) is 86.5 Å². The maximum absolute atomic E-state index is 14.1. The number of nitrogens with zero attached hydrogens (tertiary/aromatic N) is 2. The Kier molecular flexibility index (Phi) is 14.9. The van der Waals surface area contributed by atoms with Gasteiger partial charge in [0.15, 0.2) is 11.6 Å². The number of Topliss-reactive ketones (excluding diaryl/α,β-unsaturated/α-hetero) is 2. The second kappa shape index (κ2) is 19.1. The van der Waals surface area contributed by atoms with Crippen molar-refractivity contribution in [3.63, 3.8) is 0 Å². The average molecular weight is 702 g/mol. The highest BCUT2D eigenvalue weighted by molar-refractivity contribution is 5.95. The first kappa shape index (κ1) is 39.9. The summed E-state index contributed by atoms with van der Waals surface area (Å²) < 4.78 is 0. The van der Waals surface area contributed by atoms with Gasteiger partial charge in [0.1, 0.15) is 0 Å². The molecule has 2 heterocycles. The average Bonchev–Trinajstić information content (AvgIpc) is 3.39. The molecule has 2 aromatic rings. The number of hydrogen-bond donors (Lipinski definition) is 3. The van der Waals surface area contributed by atoms with E-state index in [4.69, 9.17) is 11.5 Å². The lowest BCUT2D eigenvalue weighted by Crippen LogP contribution is -2.49. The van der Waals surface area contributed by atoms with Crippen LogP contribution in [0.25, 0.3) is 0 Å². The molecule has 4 atom stereocenters. The number of benzene rings is 2. The first-order valence-electron chi connectivity index (χ1n) is 18.9. The zero-order valence-electron chi connectivity index (χ0n) is 30.9. The summed E-state index contributed by atoms with van der Waals surface area (Å²) in [5.41, 5.74) is 13.6. The molecule has 0 unspecified atom stereocenters. The Bertz CT molecular complexity index is 1460. The predicted molar refractivity (Wildman–Crippen MR) is 199 cm³/mol. The molecular formula is C41H59N5O5. The molecule has 2 aromatic carbocycles. The third-order valence-electron chi connectivity index (χ3n) is 10.8. The fourth-order valence-electron chi connectivity index (χ4n) is 7.67. The molecule has 10 heteroatoms. The fraction of sp³-hybridized carbons (Fsp3) is 0.585. The largest absolute Gasteiger partial charge is 0.346 e. The van der Waals surface area contributed by atoms with Crippen LogP contribution in [0.4, 0.5) is 0 Å². The Labute approximate surface area is 304 Å². The summed E-state index contributed by atoms with van der Waals surface area (Å²) in [6.45, 7) is 6.22. The molecule has 3 amide bonds. The van der Waals surface area contributed by atoms with Gasteiger partial charge in [0.05, 0.1) is 17.5 Å². The molecule has 1 spiro atoms. The van der Waals surface area contributed by atoms with Crippen LogP contribution in [0, 0.1) is 23.2 Å². The number of ketones is 2. The first-order valence-corrected chi connectivity index (χ1v) is 18.9. The highest BCUT2D eigenvalue weighted by Crippen LogP contribution is 2.41. The van der Waals surface area contributed by atoms with Gasteiger partial charge in [0.2, 0.25) is 17.7 Å². The summed E-state index contributed by atoms with van der Waals surface area (Å²) in [5.74, 6) is -1.81. The fourth-order valence-corrected chi connectivity index (χ4v) is 7.67. The van der Waals surface area contributed by atoms with Gasteiger partial charge in [-0.05, 0) is 75.0 Å². The number of amides is 3. The van der Waals surface area contributed by atoms with Crippen LogP contribution in [0.1, 0.15) is 82.8 Å². The van der Waals surface area contributed by atoms with Gasteiger partial charge in [-0.2, -0.15) is 0 Å². The van der Waals surface area contributed by atoms with Crippen molar-refractivity contribution < 1.29 is 24.0 Å². The van der Waals surface area contributed by atoms with Crippen molar-refractivity contribution in [3.8, 4) is 0 Å². The number of piperidine rings is 1. The van der Waals surface area contributed by atoms with Crippen molar-refractivity contribution in [1.82, 2.24) is 15.1 Å². The summed E-state index contributed by atoms with van der Waals surface area (Å²) >= 11 is 0. The quantitative estimate of drug-likeness (QED) is 0.187. The number of unbranched alkanes of at least 4 members (excludes halogenated alkanes) is 1. The number of hydrogen-bond acceptors (Lipinski definition) is 7. The minimum absolute atomic E-state index is 0.00855. The molecule has 4 rings (SSSR count). The molecule has 2 saturated heterocycles. The lowest BCUT2D eigenvalue weighted by Gasteiger charge is -2.39. The number of nitrogens with two attached hydrogens (primary N) is 2. The number of carbonyl (C=O) groups is 5. The number of likely N-dealkylation sites (tertiary alicyclic amines) is 2. The second-order valence-electron chi connectivity index (χ2n) is 15.3. The summed E-state index contributed by atoms with van der Waals surface area (Å²) in [7, 11) is 1.84. The minimum Gasteiger partial charge on any atom is -0.346 e. The molecule has 5 N–H and O–H groups in total. The molecule has 2 fully saturated rings. The zero-order valence-corrected chi connectivity index (χ0v) is 30.9. The third kappa shape index (κ3) is 11.3. The van der Waals surface area contributed by atoms with E-state index >= 15 is 0 Å². The molecule has 2 aliphatic rings. The molecular weight excluding hydrogens is 642 g/mol. The summed E-state index contributed by atoms with van der Waals surface area (Å²) in [5, 5.41) is 3.03. The highest BCUT2D eigenvalue weighted by Gasteiger charge is 2.48. The molecule has 0 aromatic heterocycles. The van der Waals surface area contributed by atoms with Crippen molar-refractivity contribution in [1.29, 1.82) is 0 Å². The molecule has 0 bridgehead atoms. The second-order valence-corrected chi connectivity index (χ2v) is 15.3. The van der Waals surface area contributed by atoms with E-state index in [0.29, 0.717) is 64.6 Å². The number of carbonyl (C=O) groups excluding carboxylic acids is 5. The molecule has 2 aliphatic heterocycles. The van der Waals surface area contributed by atoms with E-state index in [1.54, 1.807) is 4.90 Å². The van der Waals surface area contributed by atoms with Crippen molar-refractivity contribution in [2.45, 2.75) is 96.6 Å². The molecule has 0 aliphatic carbocycles. The Balaban J connectivity index is 1.46. The van der Waals surface area contributed by atoms with Gasteiger partial charge in [-0.3, -0.25) is 24.0 Å². The maximum atomic E-state index is 14.1.